The summed E-state index contributed by atoms with van der Waals surface area (Å²) in [5, 5.41) is 4.86. The summed E-state index contributed by atoms with van der Waals surface area (Å²) in [6.07, 6.45) is 12.3. The molecule has 1 saturated heterocycles. The highest BCUT2D eigenvalue weighted by Gasteiger charge is 2.39. The normalized spacial score (nSPS) is 42.3. The van der Waals surface area contributed by atoms with Crippen LogP contribution in [0.15, 0.2) is 0 Å². The Hall–Kier alpha value is 0.270. The molecule has 4 atom stereocenters. The molecule has 0 aromatic rings. The standard InChI is InChI=1S/C15H28N2S/c1-11-9-12(10-17(11)13-7-8-13)16-14-5-3-4-6-15(14)18-2/h11-16H,3-10H2,1-2H3. The Balaban J connectivity index is 1.52. The summed E-state index contributed by atoms with van der Waals surface area (Å²) in [6, 6.07) is 3.30. The van der Waals surface area contributed by atoms with Crippen molar-refractivity contribution in [1.29, 1.82) is 0 Å². The minimum absolute atomic E-state index is 0.762. The fourth-order valence-electron chi connectivity index (χ4n) is 3.96. The van der Waals surface area contributed by atoms with Crippen LogP contribution < -0.4 is 5.32 Å². The summed E-state index contributed by atoms with van der Waals surface area (Å²) >= 11 is 2.08. The Kier molecular flexibility index (Phi) is 4.21. The Bertz CT molecular complexity index is 280. The second-order valence-corrected chi connectivity index (χ2v) is 7.62. The van der Waals surface area contributed by atoms with Gasteiger partial charge in [-0.1, -0.05) is 12.8 Å². The number of rotatable bonds is 4. The molecule has 0 amide bonds. The van der Waals surface area contributed by atoms with Crippen molar-refractivity contribution in [3.8, 4) is 0 Å². The van der Waals surface area contributed by atoms with Gasteiger partial charge in [-0.15, -0.1) is 0 Å². The van der Waals surface area contributed by atoms with Crippen LogP contribution >= 0.6 is 11.8 Å². The first-order valence-electron chi connectivity index (χ1n) is 7.82. The molecule has 1 heterocycles. The number of hydrogen-bond acceptors (Lipinski definition) is 3. The Morgan fingerprint density at radius 1 is 1.11 bits per heavy atom. The van der Waals surface area contributed by atoms with Crippen LogP contribution in [0, 0.1) is 0 Å². The molecule has 0 spiro atoms. The summed E-state index contributed by atoms with van der Waals surface area (Å²) in [7, 11) is 0. The zero-order valence-electron chi connectivity index (χ0n) is 11.9. The summed E-state index contributed by atoms with van der Waals surface area (Å²) in [4.78, 5) is 2.76. The molecule has 2 aliphatic carbocycles. The molecule has 2 nitrogen and oxygen atoms in total. The van der Waals surface area contributed by atoms with Gasteiger partial charge in [0.25, 0.3) is 0 Å². The van der Waals surface area contributed by atoms with Crippen LogP contribution in [0.1, 0.15) is 51.9 Å². The van der Waals surface area contributed by atoms with E-state index in [2.05, 4.69) is 35.2 Å². The van der Waals surface area contributed by atoms with Crippen molar-refractivity contribution < 1.29 is 0 Å². The first-order valence-corrected chi connectivity index (χ1v) is 9.11. The van der Waals surface area contributed by atoms with Crippen LogP contribution in [0.5, 0.6) is 0 Å². The molecular formula is C15H28N2S. The molecule has 3 rings (SSSR count). The lowest BCUT2D eigenvalue weighted by atomic mass is 9.94. The molecule has 104 valence electrons. The molecule has 1 N–H and O–H groups in total. The molecule has 0 radical (unpaired) electrons. The lowest BCUT2D eigenvalue weighted by Crippen LogP contribution is -2.46. The third-order valence-electron chi connectivity index (χ3n) is 5.09. The van der Waals surface area contributed by atoms with E-state index in [1.807, 2.05) is 0 Å². The highest BCUT2D eigenvalue weighted by atomic mass is 32.2. The summed E-state index contributed by atoms with van der Waals surface area (Å²) in [5.41, 5.74) is 0. The largest absolute Gasteiger partial charge is 0.309 e. The minimum Gasteiger partial charge on any atom is -0.309 e. The monoisotopic (exact) mass is 268 g/mol. The predicted octanol–water partition coefficient (Wildman–Crippen LogP) is 2.88. The van der Waals surface area contributed by atoms with Gasteiger partial charge in [-0.3, -0.25) is 4.90 Å². The van der Waals surface area contributed by atoms with Crippen molar-refractivity contribution in [2.75, 3.05) is 12.8 Å². The predicted molar refractivity (Wildman–Crippen MR) is 80.3 cm³/mol. The average Bonchev–Trinajstić information content (AvgIpc) is 3.15. The van der Waals surface area contributed by atoms with Gasteiger partial charge in [0.15, 0.2) is 0 Å². The molecule has 3 aliphatic rings. The van der Waals surface area contributed by atoms with Gasteiger partial charge in [-0.2, -0.15) is 11.8 Å². The Morgan fingerprint density at radius 2 is 1.89 bits per heavy atom. The van der Waals surface area contributed by atoms with Gasteiger partial charge in [-0.05, 0) is 45.3 Å². The van der Waals surface area contributed by atoms with E-state index in [0.29, 0.717) is 0 Å². The topological polar surface area (TPSA) is 15.3 Å². The molecule has 3 fully saturated rings. The van der Waals surface area contributed by atoms with Gasteiger partial charge in [0.05, 0.1) is 0 Å². The van der Waals surface area contributed by atoms with Crippen LogP contribution in [0.25, 0.3) is 0 Å². The first-order chi connectivity index (χ1) is 8.78. The SMILES string of the molecule is CSC1CCCCC1NC1CC(C)N(C2CC2)C1. The highest BCUT2D eigenvalue weighted by Crippen LogP contribution is 2.34. The second kappa shape index (κ2) is 5.72. The quantitative estimate of drug-likeness (QED) is 0.844. The van der Waals surface area contributed by atoms with Crippen LogP contribution in [0.2, 0.25) is 0 Å². The zero-order chi connectivity index (χ0) is 12.5. The Labute approximate surface area is 116 Å². The molecule has 1 aliphatic heterocycles. The number of nitrogens with zero attached hydrogens (tertiary/aromatic N) is 1. The second-order valence-electron chi connectivity index (χ2n) is 6.54. The molecule has 0 aromatic heterocycles. The lowest BCUT2D eigenvalue weighted by molar-refractivity contribution is 0.252. The molecular weight excluding hydrogens is 240 g/mol. The fourth-order valence-corrected chi connectivity index (χ4v) is 4.91. The lowest BCUT2D eigenvalue weighted by Gasteiger charge is -2.33. The fraction of sp³-hybridized carbons (Fsp3) is 1.00. The summed E-state index contributed by atoms with van der Waals surface area (Å²) in [6.45, 7) is 3.73. The van der Waals surface area contributed by atoms with E-state index in [9.17, 15) is 0 Å². The zero-order valence-corrected chi connectivity index (χ0v) is 12.7. The third kappa shape index (κ3) is 2.88. The summed E-state index contributed by atoms with van der Waals surface area (Å²) < 4.78 is 0. The van der Waals surface area contributed by atoms with Crippen molar-refractivity contribution in [2.24, 2.45) is 0 Å². The van der Waals surface area contributed by atoms with Crippen LogP contribution in [-0.2, 0) is 0 Å². The van der Waals surface area contributed by atoms with E-state index in [1.165, 1.54) is 51.5 Å². The molecule has 18 heavy (non-hydrogen) atoms. The van der Waals surface area contributed by atoms with E-state index in [1.54, 1.807) is 0 Å². The van der Waals surface area contributed by atoms with E-state index < -0.39 is 0 Å². The number of hydrogen-bond donors (Lipinski definition) is 1. The smallest absolute Gasteiger partial charge is 0.0213 e. The van der Waals surface area contributed by atoms with Gasteiger partial charge in [0, 0.05) is 36.0 Å². The van der Waals surface area contributed by atoms with Crippen molar-refractivity contribution in [2.45, 2.75) is 81.3 Å². The van der Waals surface area contributed by atoms with E-state index in [4.69, 9.17) is 0 Å². The van der Waals surface area contributed by atoms with Crippen LogP contribution in [-0.4, -0.2) is 47.1 Å². The van der Waals surface area contributed by atoms with Gasteiger partial charge < -0.3 is 5.32 Å². The van der Waals surface area contributed by atoms with Crippen LogP contribution in [0.4, 0.5) is 0 Å². The molecule has 0 aromatic carbocycles. The first kappa shape index (κ1) is 13.3. The maximum Gasteiger partial charge on any atom is 0.0213 e. The van der Waals surface area contributed by atoms with Gasteiger partial charge in [0.2, 0.25) is 0 Å². The van der Waals surface area contributed by atoms with Crippen molar-refractivity contribution in [3.63, 3.8) is 0 Å². The Morgan fingerprint density at radius 3 is 2.61 bits per heavy atom. The number of thioether (sulfide) groups is 1. The van der Waals surface area contributed by atoms with E-state index in [-0.39, 0.29) is 0 Å². The molecule has 3 heteroatoms. The van der Waals surface area contributed by atoms with Crippen LogP contribution in [0.3, 0.4) is 0 Å². The molecule has 0 bridgehead atoms. The average molecular weight is 268 g/mol. The number of likely N-dealkylation sites (tertiary alicyclic amines) is 1. The minimum atomic E-state index is 0.762. The van der Waals surface area contributed by atoms with E-state index >= 15 is 0 Å². The third-order valence-corrected chi connectivity index (χ3v) is 6.26. The van der Waals surface area contributed by atoms with Crippen molar-refractivity contribution in [3.05, 3.63) is 0 Å². The maximum absolute atomic E-state index is 4.00. The molecule has 4 unspecified atom stereocenters. The highest BCUT2D eigenvalue weighted by molar-refractivity contribution is 7.99. The van der Waals surface area contributed by atoms with Crippen molar-refractivity contribution >= 4 is 11.8 Å². The van der Waals surface area contributed by atoms with Gasteiger partial charge in [-0.25, -0.2) is 0 Å². The number of nitrogens with one attached hydrogen (secondary N) is 1. The maximum atomic E-state index is 4.00. The van der Waals surface area contributed by atoms with Gasteiger partial charge >= 0.3 is 0 Å². The summed E-state index contributed by atoms with van der Waals surface area (Å²) in [5.74, 6) is 0. The van der Waals surface area contributed by atoms with E-state index in [0.717, 1.165) is 29.4 Å². The van der Waals surface area contributed by atoms with Gasteiger partial charge in [0.1, 0.15) is 0 Å². The van der Waals surface area contributed by atoms with Crippen molar-refractivity contribution in [1.82, 2.24) is 10.2 Å². The molecule has 2 saturated carbocycles.